The minimum Gasteiger partial charge on any atom is -0.493 e. The number of aromatic nitrogens is 1. The Labute approximate surface area is 134 Å². The summed E-state index contributed by atoms with van der Waals surface area (Å²) in [7, 11) is 4.76. The van der Waals surface area contributed by atoms with Gasteiger partial charge in [0.25, 0.3) is 0 Å². The summed E-state index contributed by atoms with van der Waals surface area (Å²) in [5.74, 6) is 2.17. The minimum atomic E-state index is 0.465. The molecular formula is C18H18N2O3. The summed E-state index contributed by atoms with van der Waals surface area (Å²) in [5, 5.41) is 2.04. The van der Waals surface area contributed by atoms with Gasteiger partial charge in [-0.2, -0.15) is 0 Å². The predicted molar refractivity (Wildman–Crippen MR) is 91.2 cm³/mol. The van der Waals surface area contributed by atoms with E-state index in [1.165, 1.54) is 0 Å². The van der Waals surface area contributed by atoms with Gasteiger partial charge in [-0.3, -0.25) is 0 Å². The van der Waals surface area contributed by atoms with Gasteiger partial charge in [-0.05, 0) is 23.6 Å². The molecule has 0 aliphatic carbocycles. The largest absolute Gasteiger partial charge is 0.493 e. The van der Waals surface area contributed by atoms with E-state index in [9.17, 15) is 0 Å². The van der Waals surface area contributed by atoms with Crippen LogP contribution in [0.2, 0.25) is 0 Å². The molecule has 0 bridgehead atoms. The van der Waals surface area contributed by atoms with E-state index in [0.717, 1.165) is 22.0 Å². The molecule has 3 rings (SSSR count). The van der Waals surface area contributed by atoms with E-state index < -0.39 is 0 Å². The minimum absolute atomic E-state index is 0.465. The Bertz CT molecular complexity index is 837. The second-order valence-electron chi connectivity index (χ2n) is 5.03. The van der Waals surface area contributed by atoms with E-state index >= 15 is 0 Å². The molecule has 0 fully saturated rings. The number of methoxy groups -OCH3 is 3. The lowest BCUT2D eigenvalue weighted by Gasteiger charge is -2.15. The van der Waals surface area contributed by atoms with Crippen LogP contribution in [0.15, 0.2) is 42.5 Å². The van der Waals surface area contributed by atoms with Crippen molar-refractivity contribution >= 4 is 16.6 Å². The molecule has 0 unspecified atom stereocenters. The first-order valence-electron chi connectivity index (χ1n) is 7.13. The molecule has 23 heavy (non-hydrogen) atoms. The summed E-state index contributed by atoms with van der Waals surface area (Å²) in [6.45, 7) is 0. The van der Waals surface area contributed by atoms with Crippen molar-refractivity contribution in [3.8, 4) is 28.5 Å². The van der Waals surface area contributed by atoms with Crippen LogP contribution in [0.1, 0.15) is 0 Å². The molecule has 0 aliphatic heterocycles. The van der Waals surface area contributed by atoms with E-state index in [-0.39, 0.29) is 0 Å². The molecule has 5 nitrogen and oxygen atoms in total. The van der Waals surface area contributed by atoms with Crippen LogP contribution >= 0.6 is 0 Å². The molecule has 118 valence electrons. The molecule has 0 radical (unpaired) electrons. The smallest absolute Gasteiger partial charge is 0.203 e. The van der Waals surface area contributed by atoms with Gasteiger partial charge in [0.1, 0.15) is 5.82 Å². The van der Waals surface area contributed by atoms with Gasteiger partial charge in [-0.25, -0.2) is 4.98 Å². The topological polar surface area (TPSA) is 66.6 Å². The lowest BCUT2D eigenvalue weighted by molar-refractivity contribution is 0.324. The summed E-state index contributed by atoms with van der Waals surface area (Å²) in [6.07, 6.45) is 0. The number of pyridine rings is 1. The fraction of sp³-hybridized carbons (Fsp3) is 0.167. The highest BCUT2D eigenvalue weighted by Gasteiger charge is 2.16. The molecule has 0 spiro atoms. The van der Waals surface area contributed by atoms with E-state index in [4.69, 9.17) is 19.9 Å². The van der Waals surface area contributed by atoms with Gasteiger partial charge in [-0.15, -0.1) is 0 Å². The van der Waals surface area contributed by atoms with Gasteiger partial charge in [0.15, 0.2) is 11.5 Å². The van der Waals surface area contributed by atoms with Crippen molar-refractivity contribution in [3.05, 3.63) is 42.5 Å². The first kappa shape index (κ1) is 15.0. The second-order valence-corrected chi connectivity index (χ2v) is 5.03. The summed E-state index contributed by atoms with van der Waals surface area (Å²) in [4.78, 5) is 4.50. The van der Waals surface area contributed by atoms with Crippen LogP contribution in [0.3, 0.4) is 0 Å². The van der Waals surface area contributed by atoms with Gasteiger partial charge in [0.2, 0.25) is 5.75 Å². The molecule has 0 saturated heterocycles. The molecule has 0 amide bonds. The number of fused-ring (bicyclic) bond motifs is 1. The third-order valence-corrected chi connectivity index (χ3v) is 3.70. The molecule has 2 N–H and O–H groups in total. The lowest BCUT2D eigenvalue weighted by atomic mass is 10.0. The van der Waals surface area contributed by atoms with Crippen LogP contribution in [-0.4, -0.2) is 26.3 Å². The monoisotopic (exact) mass is 310 g/mol. The number of nitrogen functional groups attached to an aromatic ring is 1. The van der Waals surface area contributed by atoms with Gasteiger partial charge < -0.3 is 19.9 Å². The number of hydrogen-bond donors (Lipinski definition) is 1. The average molecular weight is 310 g/mol. The second kappa shape index (κ2) is 6.04. The van der Waals surface area contributed by atoms with Crippen LogP contribution in [0.25, 0.3) is 22.0 Å². The van der Waals surface area contributed by atoms with Crippen LogP contribution < -0.4 is 19.9 Å². The number of nitrogens with two attached hydrogens (primary N) is 1. The Morgan fingerprint density at radius 2 is 1.52 bits per heavy atom. The predicted octanol–water partition coefficient (Wildman–Crippen LogP) is 3.51. The molecule has 2 aromatic carbocycles. The molecule has 3 aromatic rings. The Balaban J connectivity index is 2.31. The zero-order chi connectivity index (χ0) is 16.4. The van der Waals surface area contributed by atoms with Crippen molar-refractivity contribution in [2.45, 2.75) is 0 Å². The van der Waals surface area contributed by atoms with Crippen LogP contribution in [0.4, 0.5) is 5.82 Å². The third kappa shape index (κ3) is 2.61. The first-order chi connectivity index (χ1) is 11.2. The number of benzene rings is 2. The van der Waals surface area contributed by atoms with Gasteiger partial charge in [0, 0.05) is 10.9 Å². The summed E-state index contributed by atoms with van der Waals surface area (Å²) < 4.78 is 16.2. The number of anilines is 1. The zero-order valence-electron chi connectivity index (χ0n) is 13.3. The maximum absolute atomic E-state index is 5.96. The van der Waals surface area contributed by atoms with Crippen molar-refractivity contribution in [3.63, 3.8) is 0 Å². The number of rotatable bonds is 4. The fourth-order valence-electron chi connectivity index (χ4n) is 2.66. The SMILES string of the molecule is COc1cc(-c2nc(N)cc3ccccc23)cc(OC)c1OC. The molecule has 5 heteroatoms. The van der Waals surface area contributed by atoms with Gasteiger partial charge >= 0.3 is 0 Å². The average Bonchev–Trinajstić information content (AvgIpc) is 2.59. The number of hydrogen-bond acceptors (Lipinski definition) is 5. The van der Waals surface area contributed by atoms with Gasteiger partial charge in [-0.1, -0.05) is 24.3 Å². The van der Waals surface area contributed by atoms with Crippen molar-refractivity contribution in [1.29, 1.82) is 0 Å². The quantitative estimate of drug-likeness (QED) is 0.798. The summed E-state index contributed by atoms with van der Waals surface area (Å²) >= 11 is 0. The maximum Gasteiger partial charge on any atom is 0.203 e. The van der Waals surface area contributed by atoms with Crippen LogP contribution in [-0.2, 0) is 0 Å². The highest BCUT2D eigenvalue weighted by Crippen LogP contribution is 2.42. The normalized spacial score (nSPS) is 10.6. The summed E-state index contributed by atoms with van der Waals surface area (Å²) in [5.41, 5.74) is 7.59. The molecule has 1 aromatic heterocycles. The molecule has 0 aliphatic rings. The molecular weight excluding hydrogens is 292 g/mol. The number of nitrogens with zero attached hydrogens (tertiary/aromatic N) is 1. The Kier molecular flexibility index (Phi) is 3.93. The molecule has 0 saturated carbocycles. The zero-order valence-corrected chi connectivity index (χ0v) is 13.3. The van der Waals surface area contributed by atoms with Crippen LogP contribution in [0.5, 0.6) is 17.2 Å². The Morgan fingerprint density at radius 3 is 2.13 bits per heavy atom. The van der Waals surface area contributed by atoms with Crippen molar-refractivity contribution in [1.82, 2.24) is 4.98 Å². The van der Waals surface area contributed by atoms with E-state index in [1.54, 1.807) is 21.3 Å². The van der Waals surface area contributed by atoms with Crippen LogP contribution in [0, 0.1) is 0 Å². The highest BCUT2D eigenvalue weighted by atomic mass is 16.5. The van der Waals surface area contributed by atoms with E-state index in [0.29, 0.717) is 23.1 Å². The van der Waals surface area contributed by atoms with Gasteiger partial charge in [0.05, 0.1) is 27.0 Å². The van der Waals surface area contributed by atoms with E-state index in [2.05, 4.69) is 4.98 Å². The highest BCUT2D eigenvalue weighted by molar-refractivity contribution is 5.96. The van der Waals surface area contributed by atoms with Crippen molar-refractivity contribution < 1.29 is 14.2 Å². The maximum atomic E-state index is 5.96. The molecule has 1 heterocycles. The lowest BCUT2D eigenvalue weighted by Crippen LogP contribution is -1.98. The fourth-order valence-corrected chi connectivity index (χ4v) is 2.66. The Hall–Kier alpha value is -2.95. The number of ether oxygens (including phenoxy) is 3. The van der Waals surface area contributed by atoms with E-state index in [1.807, 2.05) is 42.5 Å². The first-order valence-corrected chi connectivity index (χ1v) is 7.13. The van der Waals surface area contributed by atoms with Crippen molar-refractivity contribution in [2.75, 3.05) is 27.1 Å². The standard InChI is InChI=1S/C18H18N2O3/c1-21-14-8-12(9-15(22-2)18(14)23-3)17-13-7-5-4-6-11(13)10-16(19)20-17/h4-10H,1-3H3,(H2,19,20). The third-order valence-electron chi connectivity index (χ3n) is 3.70. The summed E-state index contributed by atoms with van der Waals surface area (Å²) in [6, 6.07) is 13.6. The Morgan fingerprint density at radius 1 is 0.870 bits per heavy atom. The molecule has 0 atom stereocenters. The van der Waals surface area contributed by atoms with Crippen molar-refractivity contribution in [2.24, 2.45) is 0 Å².